The van der Waals surface area contributed by atoms with Gasteiger partial charge in [-0.15, -0.1) is 0 Å². The molecule has 1 aromatic carbocycles. The fraction of sp³-hybridized carbons (Fsp3) is 0.467. The van der Waals surface area contributed by atoms with Gasteiger partial charge in [-0.1, -0.05) is 43.6 Å². The number of carbonyl (C=O) groups excluding carboxylic acids is 1. The quantitative estimate of drug-likeness (QED) is 0.658. The molecule has 0 aliphatic carbocycles. The SMILES string of the molecule is CC(C)[C@@H](NC(=O)C1CC(c2ccccc2Cl)NN1)C(=O)O. The van der Waals surface area contributed by atoms with Gasteiger partial charge in [0.25, 0.3) is 0 Å². The molecule has 2 rings (SSSR count). The second-order valence-corrected chi connectivity index (χ2v) is 6.13. The Labute approximate surface area is 134 Å². The molecule has 2 unspecified atom stereocenters. The lowest BCUT2D eigenvalue weighted by atomic mass is 10.0. The first-order chi connectivity index (χ1) is 10.4. The van der Waals surface area contributed by atoms with E-state index in [0.29, 0.717) is 11.4 Å². The Bertz CT molecular complexity index is 565. The normalized spacial score (nSPS) is 22.5. The van der Waals surface area contributed by atoms with Crippen molar-refractivity contribution >= 4 is 23.5 Å². The largest absolute Gasteiger partial charge is 0.480 e. The van der Waals surface area contributed by atoms with Crippen LogP contribution in [0, 0.1) is 5.92 Å². The number of carbonyl (C=O) groups is 2. The number of hydrogen-bond donors (Lipinski definition) is 4. The lowest BCUT2D eigenvalue weighted by molar-refractivity contribution is -0.143. The van der Waals surface area contributed by atoms with Crippen LogP contribution in [0.2, 0.25) is 5.02 Å². The van der Waals surface area contributed by atoms with E-state index in [0.717, 1.165) is 5.56 Å². The van der Waals surface area contributed by atoms with Crippen molar-refractivity contribution in [1.82, 2.24) is 16.2 Å². The van der Waals surface area contributed by atoms with Crippen molar-refractivity contribution in [2.75, 3.05) is 0 Å². The summed E-state index contributed by atoms with van der Waals surface area (Å²) in [5.74, 6) is -1.55. The van der Waals surface area contributed by atoms with Crippen molar-refractivity contribution < 1.29 is 14.7 Å². The van der Waals surface area contributed by atoms with Crippen molar-refractivity contribution in [2.45, 2.75) is 38.4 Å². The first kappa shape index (κ1) is 16.7. The molecule has 22 heavy (non-hydrogen) atoms. The third-order valence-corrected chi connectivity index (χ3v) is 4.08. The summed E-state index contributed by atoms with van der Waals surface area (Å²) in [5, 5.41) is 12.3. The highest BCUT2D eigenvalue weighted by molar-refractivity contribution is 6.31. The summed E-state index contributed by atoms with van der Waals surface area (Å²) in [4.78, 5) is 23.4. The zero-order chi connectivity index (χ0) is 16.3. The van der Waals surface area contributed by atoms with E-state index in [9.17, 15) is 9.59 Å². The standard InChI is InChI=1S/C15H20ClN3O3/c1-8(2)13(15(21)22)17-14(20)12-7-11(18-19-12)9-5-3-4-6-10(9)16/h3-6,8,11-13,18-19H,7H2,1-2H3,(H,17,20)(H,21,22)/t11?,12?,13-/m1/s1. The molecule has 1 fully saturated rings. The fourth-order valence-corrected chi connectivity index (χ4v) is 2.72. The Morgan fingerprint density at radius 3 is 2.59 bits per heavy atom. The van der Waals surface area contributed by atoms with Gasteiger partial charge in [-0.3, -0.25) is 4.79 Å². The molecule has 6 nitrogen and oxygen atoms in total. The number of aliphatic carboxylic acids is 1. The van der Waals surface area contributed by atoms with Gasteiger partial charge < -0.3 is 10.4 Å². The Morgan fingerprint density at radius 1 is 1.32 bits per heavy atom. The minimum absolute atomic E-state index is 0.0909. The topological polar surface area (TPSA) is 90.5 Å². The average molecular weight is 326 g/mol. The van der Waals surface area contributed by atoms with Gasteiger partial charge in [-0.25, -0.2) is 15.6 Å². The highest BCUT2D eigenvalue weighted by Gasteiger charge is 2.33. The molecular formula is C15H20ClN3O3. The molecule has 1 saturated heterocycles. The molecule has 120 valence electrons. The number of hydrazine groups is 1. The number of rotatable bonds is 5. The zero-order valence-electron chi connectivity index (χ0n) is 12.5. The van der Waals surface area contributed by atoms with Crippen LogP contribution in [0.5, 0.6) is 0 Å². The predicted octanol–water partition coefficient (Wildman–Crippen LogP) is 1.47. The monoisotopic (exact) mass is 325 g/mol. The van der Waals surface area contributed by atoms with Gasteiger partial charge in [-0.05, 0) is 24.0 Å². The molecule has 1 aliphatic rings. The van der Waals surface area contributed by atoms with Crippen LogP contribution in [0.25, 0.3) is 0 Å². The Hall–Kier alpha value is -1.63. The number of benzene rings is 1. The van der Waals surface area contributed by atoms with E-state index in [1.54, 1.807) is 19.9 Å². The average Bonchev–Trinajstić information content (AvgIpc) is 2.94. The number of nitrogens with one attached hydrogen (secondary N) is 3. The highest BCUT2D eigenvalue weighted by Crippen LogP contribution is 2.28. The van der Waals surface area contributed by atoms with Gasteiger partial charge in [0.05, 0.1) is 0 Å². The van der Waals surface area contributed by atoms with Crippen molar-refractivity contribution in [3.63, 3.8) is 0 Å². The van der Waals surface area contributed by atoms with Gasteiger partial charge in [0.1, 0.15) is 12.1 Å². The molecule has 4 N–H and O–H groups in total. The number of carboxylic acids is 1. The number of hydrogen-bond acceptors (Lipinski definition) is 4. The second kappa shape index (κ2) is 7.09. The van der Waals surface area contributed by atoms with Crippen LogP contribution in [0.1, 0.15) is 31.9 Å². The van der Waals surface area contributed by atoms with E-state index in [1.807, 2.05) is 18.2 Å². The number of halogens is 1. The molecular weight excluding hydrogens is 306 g/mol. The second-order valence-electron chi connectivity index (χ2n) is 5.72. The number of carboxylic acid groups (broad SMARTS) is 1. The minimum Gasteiger partial charge on any atom is -0.480 e. The number of amides is 1. The van der Waals surface area contributed by atoms with E-state index in [-0.39, 0.29) is 17.9 Å². The molecule has 0 saturated carbocycles. The highest BCUT2D eigenvalue weighted by atomic mass is 35.5. The van der Waals surface area contributed by atoms with Crippen molar-refractivity contribution in [2.24, 2.45) is 5.92 Å². The van der Waals surface area contributed by atoms with Crippen LogP contribution < -0.4 is 16.2 Å². The molecule has 1 heterocycles. The lowest BCUT2D eigenvalue weighted by Crippen LogP contribution is -2.51. The minimum atomic E-state index is -1.03. The van der Waals surface area contributed by atoms with E-state index < -0.39 is 18.1 Å². The van der Waals surface area contributed by atoms with Crippen LogP contribution >= 0.6 is 11.6 Å². The summed E-state index contributed by atoms with van der Waals surface area (Å²) in [6.07, 6.45) is 0.500. The van der Waals surface area contributed by atoms with Crippen LogP contribution in [0.4, 0.5) is 0 Å². The van der Waals surface area contributed by atoms with Gasteiger partial charge in [0.15, 0.2) is 0 Å². The lowest BCUT2D eigenvalue weighted by Gasteiger charge is -2.20. The van der Waals surface area contributed by atoms with Crippen LogP contribution in [-0.2, 0) is 9.59 Å². The molecule has 1 aliphatic heterocycles. The summed E-state index contributed by atoms with van der Waals surface area (Å²) in [6.45, 7) is 3.51. The van der Waals surface area contributed by atoms with E-state index in [4.69, 9.17) is 16.7 Å². The molecule has 3 atom stereocenters. The Balaban J connectivity index is 1.99. The first-order valence-electron chi connectivity index (χ1n) is 7.18. The molecule has 0 spiro atoms. The van der Waals surface area contributed by atoms with Crippen molar-refractivity contribution in [3.05, 3.63) is 34.9 Å². The molecule has 0 radical (unpaired) electrons. The Morgan fingerprint density at radius 2 is 2.00 bits per heavy atom. The molecule has 0 bridgehead atoms. The maximum atomic E-state index is 12.2. The summed E-state index contributed by atoms with van der Waals surface area (Å²) in [7, 11) is 0. The maximum Gasteiger partial charge on any atom is 0.326 e. The maximum absolute atomic E-state index is 12.2. The van der Waals surface area contributed by atoms with Gasteiger partial charge in [0.2, 0.25) is 5.91 Å². The summed E-state index contributed by atoms with van der Waals surface area (Å²) in [5.41, 5.74) is 6.84. The van der Waals surface area contributed by atoms with Gasteiger partial charge >= 0.3 is 5.97 Å². The van der Waals surface area contributed by atoms with E-state index >= 15 is 0 Å². The van der Waals surface area contributed by atoms with E-state index in [1.165, 1.54) is 0 Å². The van der Waals surface area contributed by atoms with Crippen LogP contribution in [0.3, 0.4) is 0 Å². The molecule has 0 aromatic heterocycles. The van der Waals surface area contributed by atoms with Crippen LogP contribution in [0.15, 0.2) is 24.3 Å². The Kier molecular flexibility index (Phi) is 5.39. The summed E-state index contributed by atoms with van der Waals surface area (Å²) in [6, 6.07) is 5.94. The fourth-order valence-electron chi connectivity index (χ4n) is 2.46. The van der Waals surface area contributed by atoms with Gasteiger partial charge in [0, 0.05) is 11.1 Å². The molecule has 7 heteroatoms. The third-order valence-electron chi connectivity index (χ3n) is 3.73. The van der Waals surface area contributed by atoms with E-state index in [2.05, 4.69) is 16.2 Å². The zero-order valence-corrected chi connectivity index (χ0v) is 13.2. The van der Waals surface area contributed by atoms with Crippen molar-refractivity contribution in [1.29, 1.82) is 0 Å². The van der Waals surface area contributed by atoms with Crippen LogP contribution in [-0.4, -0.2) is 29.1 Å². The van der Waals surface area contributed by atoms with Crippen molar-refractivity contribution in [3.8, 4) is 0 Å². The predicted molar refractivity (Wildman–Crippen MR) is 83.3 cm³/mol. The van der Waals surface area contributed by atoms with Gasteiger partial charge in [-0.2, -0.15) is 0 Å². The third kappa shape index (κ3) is 3.76. The molecule has 1 aromatic rings. The smallest absolute Gasteiger partial charge is 0.326 e. The molecule has 1 amide bonds. The first-order valence-corrected chi connectivity index (χ1v) is 7.56. The summed E-state index contributed by atoms with van der Waals surface area (Å²) >= 11 is 6.15. The summed E-state index contributed by atoms with van der Waals surface area (Å²) < 4.78 is 0.